The molecule has 3 fully saturated rings. The van der Waals surface area contributed by atoms with E-state index in [0.717, 1.165) is 36.1 Å². The first-order valence-corrected chi connectivity index (χ1v) is 14.3. The SMILES string of the molecule is CCCNC(=O)[C@@H]1[C@@H]2CC(C)C3(S2)C(C(=O)Nc2cc(C)ccc2C)N([C@@H](CO)[C@@H](C)CC)C(=O)[C@H]13. The van der Waals surface area contributed by atoms with Crippen LogP contribution in [0.1, 0.15) is 58.1 Å². The van der Waals surface area contributed by atoms with E-state index in [1.165, 1.54) is 0 Å². The molecule has 3 amide bonds. The van der Waals surface area contributed by atoms with E-state index in [-0.39, 0.29) is 41.4 Å². The molecule has 0 radical (unpaired) electrons. The van der Waals surface area contributed by atoms with Crippen molar-refractivity contribution < 1.29 is 19.5 Å². The minimum Gasteiger partial charge on any atom is -0.394 e. The molecule has 1 aromatic rings. The van der Waals surface area contributed by atoms with E-state index in [1.807, 2.05) is 52.8 Å². The molecule has 3 aliphatic rings. The number of amides is 3. The van der Waals surface area contributed by atoms with Crippen LogP contribution in [-0.4, -0.2) is 63.0 Å². The summed E-state index contributed by atoms with van der Waals surface area (Å²) >= 11 is 1.67. The number of rotatable bonds is 9. The number of hydrogen-bond acceptors (Lipinski definition) is 5. The highest BCUT2D eigenvalue weighted by Crippen LogP contribution is 2.69. The van der Waals surface area contributed by atoms with Gasteiger partial charge in [0.05, 0.1) is 29.2 Å². The zero-order chi connectivity index (χ0) is 26.4. The van der Waals surface area contributed by atoms with Gasteiger partial charge in [0, 0.05) is 17.5 Å². The first-order valence-electron chi connectivity index (χ1n) is 13.4. The van der Waals surface area contributed by atoms with Crippen molar-refractivity contribution in [3.8, 4) is 0 Å². The second-order valence-electron chi connectivity index (χ2n) is 11.0. The van der Waals surface area contributed by atoms with Crippen molar-refractivity contribution >= 4 is 35.2 Å². The molecule has 1 aromatic carbocycles. The van der Waals surface area contributed by atoms with Crippen LogP contribution in [0.3, 0.4) is 0 Å². The lowest BCUT2D eigenvalue weighted by Crippen LogP contribution is -2.58. The maximum atomic E-state index is 14.3. The lowest BCUT2D eigenvalue weighted by molar-refractivity contribution is -0.143. The zero-order valence-electron chi connectivity index (χ0n) is 22.3. The number of carbonyl (C=O) groups is 3. The van der Waals surface area contributed by atoms with Gasteiger partial charge in [-0.1, -0.05) is 46.2 Å². The van der Waals surface area contributed by atoms with Gasteiger partial charge >= 0.3 is 0 Å². The van der Waals surface area contributed by atoms with E-state index in [9.17, 15) is 19.5 Å². The fourth-order valence-corrected chi connectivity index (χ4v) is 9.08. The molecule has 36 heavy (non-hydrogen) atoms. The largest absolute Gasteiger partial charge is 0.394 e. The smallest absolute Gasteiger partial charge is 0.248 e. The summed E-state index contributed by atoms with van der Waals surface area (Å²) in [5.74, 6) is -1.39. The molecule has 3 aliphatic heterocycles. The number of aliphatic hydroxyl groups excluding tert-OH is 1. The molecule has 7 nitrogen and oxygen atoms in total. The Hall–Kier alpha value is -2.06. The Kier molecular flexibility index (Phi) is 7.77. The number of hydrogen-bond donors (Lipinski definition) is 3. The number of nitrogens with zero attached hydrogens (tertiary/aromatic N) is 1. The number of benzene rings is 1. The topological polar surface area (TPSA) is 98.7 Å². The molecule has 1 spiro atoms. The van der Waals surface area contributed by atoms with Gasteiger partial charge in [-0.3, -0.25) is 14.4 Å². The van der Waals surface area contributed by atoms with E-state index in [0.29, 0.717) is 6.54 Å². The van der Waals surface area contributed by atoms with Gasteiger partial charge in [0.1, 0.15) is 6.04 Å². The fourth-order valence-electron chi connectivity index (χ4n) is 6.67. The van der Waals surface area contributed by atoms with E-state index in [1.54, 1.807) is 16.7 Å². The highest BCUT2D eigenvalue weighted by atomic mass is 32.2. The van der Waals surface area contributed by atoms with Crippen LogP contribution in [0.15, 0.2) is 18.2 Å². The van der Waals surface area contributed by atoms with Crippen LogP contribution >= 0.6 is 11.8 Å². The van der Waals surface area contributed by atoms with Crippen molar-refractivity contribution in [1.29, 1.82) is 0 Å². The number of fused-ring (bicyclic) bond motifs is 1. The summed E-state index contributed by atoms with van der Waals surface area (Å²) in [7, 11) is 0. The van der Waals surface area contributed by atoms with Gasteiger partial charge in [-0.2, -0.15) is 0 Å². The standard InChI is InChI=1S/C28H41N3O4S/c1-7-11-29-25(33)22-21-13-18(6)28(36-21)23(22)27(35)31(20(14-32)16(4)8-2)24(28)26(34)30-19-12-15(3)9-10-17(19)5/h9-10,12,16,18,20-24,32H,7-8,11,13-14H2,1-6H3,(H,29,33)(H,30,34)/t16-,18?,20-,21-,22+,23-,24?,28?/m0/s1. The minimum absolute atomic E-state index is 0.00931. The maximum absolute atomic E-state index is 14.3. The molecule has 8 atom stereocenters. The van der Waals surface area contributed by atoms with Crippen LogP contribution in [0.5, 0.6) is 0 Å². The van der Waals surface area contributed by atoms with Gasteiger partial charge in [0.2, 0.25) is 17.7 Å². The molecule has 2 bridgehead atoms. The third-order valence-corrected chi connectivity index (χ3v) is 10.9. The molecule has 0 saturated carbocycles. The Morgan fingerprint density at radius 2 is 1.97 bits per heavy atom. The third kappa shape index (κ3) is 4.14. The van der Waals surface area contributed by atoms with Crippen LogP contribution in [0, 0.1) is 37.5 Å². The highest BCUT2D eigenvalue weighted by molar-refractivity contribution is 8.02. The van der Waals surface area contributed by atoms with Crippen molar-refractivity contribution in [1.82, 2.24) is 10.2 Å². The van der Waals surface area contributed by atoms with E-state index in [2.05, 4.69) is 17.6 Å². The van der Waals surface area contributed by atoms with Crippen molar-refractivity contribution in [2.75, 3.05) is 18.5 Å². The molecule has 3 heterocycles. The second kappa shape index (κ2) is 10.4. The third-order valence-electron chi connectivity index (χ3n) is 8.78. The van der Waals surface area contributed by atoms with Crippen LogP contribution < -0.4 is 10.6 Å². The summed E-state index contributed by atoms with van der Waals surface area (Å²) < 4.78 is -0.696. The lowest BCUT2D eigenvalue weighted by Gasteiger charge is -2.41. The summed E-state index contributed by atoms with van der Waals surface area (Å²) in [5, 5.41) is 16.6. The molecule has 3 unspecified atom stereocenters. The van der Waals surface area contributed by atoms with Crippen molar-refractivity contribution in [3.05, 3.63) is 29.3 Å². The molecular weight excluding hydrogens is 474 g/mol. The van der Waals surface area contributed by atoms with Crippen LogP contribution in [-0.2, 0) is 14.4 Å². The minimum atomic E-state index is -0.755. The van der Waals surface area contributed by atoms with Crippen molar-refractivity contribution in [2.45, 2.75) is 82.9 Å². The lowest BCUT2D eigenvalue weighted by atomic mass is 9.66. The maximum Gasteiger partial charge on any atom is 0.248 e. The second-order valence-corrected chi connectivity index (χ2v) is 12.6. The number of thioether (sulfide) groups is 1. The van der Waals surface area contributed by atoms with Gasteiger partial charge in [-0.25, -0.2) is 0 Å². The quantitative estimate of drug-likeness (QED) is 0.468. The van der Waals surface area contributed by atoms with Crippen LogP contribution in [0.25, 0.3) is 0 Å². The van der Waals surface area contributed by atoms with Crippen LogP contribution in [0.4, 0.5) is 5.69 Å². The van der Waals surface area contributed by atoms with Crippen LogP contribution in [0.2, 0.25) is 0 Å². The summed E-state index contributed by atoms with van der Waals surface area (Å²) in [4.78, 5) is 43.4. The molecule has 0 aromatic heterocycles. The van der Waals surface area contributed by atoms with E-state index >= 15 is 0 Å². The number of likely N-dealkylation sites (tertiary alicyclic amines) is 1. The average Bonchev–Trinajstić information content (AvgIpc) is 3.44. The zero-order valence-corrected chi connectivity index (χ0v) is 23.2. The highest BCUT2D eigenvalue weighted by Gasteiger charge is 2.76. The first kappa shape index (κ1) is 27.0. The number of aryl methyl sites for hydroxylation is 2. The van der Waals surface area contributed by atoms with Gasteiger partial charge in [0.25, 0.3) is 0 Å². The van der Waals surface area contributed by atoms with Crippen molar-refractivity contribution in [3.63, 3.8) is 0 Å². The summed E-state index contributed by atoms with van der Waals surface area (Å²) in [6.07, 6.45) is 2.39. The Balaban J connectivity index is 1.80. The summed E-state index contributed by atoms with van der Waals surface area (Å²) in [5.41, 5.74) is 2.72. The predicted octanol–water partition coefficient (Wildman–Crippen LogP) is 3.51. The van der Waals surface area contributed by atoms with E-state index in [4.69, 9.17) is 0 Å². The Morgan fingerprint density at radius 3 is 2.61 bits per heavy atom. The Bertz CT molecular complexity index is 1030. The number of aliphatic hydroxyl groups is 1. The molecule has 3 N–H and O–H groups in total. The summed E-state index contributed by atoms with van der Waals surface area (Å²) in [6.45, 7) is 12.5. The number of carbonyl (C=O) groups excluding carboxylic acids is 3. The Labute approximate surface area is 219 Å². The predicted molar refractivity (Wildman–Crippen MR) is 144 cm³/mol. The molecular formula is C28H41N3O4S. The summed E-state index contributed by atoms with van der Waals surface area (Å²) in [6, 6.07) is 4.70. The van der Waals surface area contributed by atoms with Gasteiger partial charge in [-0.05, 0) is 55.7 Å². The normalized spacial score (nSPS) is 32.4. The van der Waals surface area contributed by atoms with E-state index < -0.39 is 28.7 Å². The molecule has 0 aliphatic carbocycles. The molecule has 3 saturated heterocycles. The monoisotopic (exact) mass is 515 g/mol. The van der Waals surface area contributed by atoms with Gasteiger partial charge < -0.3 is 20.6 Å². The van der Waals surface area contributed by atoms with Gasteiger partial charge in [0.15, 0.2) is 0 Å². The fraction of sp³-hybridized carbons (Fsp3) is 0.679. The van der Waals surface area contributed by atoms with Crippen molar-refractivity contribution in [2.24, 2.45) is 23.7 Å². The molecule has 4 rings (SSSR count). The number of nitrogens with one attached hydrogen (secondary N) is 2. The Morgan fingerprint density at radius 1 is 1.25 bits per heavy atom. The van der Waals surface area contributed by atoms with Gasteiger partial charge in [-0.15, -0.1) is 11.8 Å². The first-order chi connectivity index (χ1) is 17.1. The average molecular weight is 516 g/mol. The molecule has 8 heteroatoms. The number of anilines is 1. The molecule has 198 valence electrons.